The number of hydrogen-bond donors (Lipinski definition) is 1. The van der Waals surface area contributed by atoms with Crippen LogP contribution in [0.3, 0.4) is 0 Å². The molecule has 0 saturated heterocycles. The van der Waals surface area contributed by atoms with Gasteiger partial charge in [-0.3, -0.25) is 14.9 Å². The normalized spacial score (nSPS) is 10.3. The minimum atomic E-state index is -0.653. The summed E-state index contributed by atoms with van der Waals surface area (Å²) >= 11 is 0. The molecule has 1 amide bonds. The number of nitro groups is 1. The highest BCUT2D eigenvalue weighted by Crippen LogP contribution is 2.16. The summed E-state index contributed by atoms with van der Waals surface area (Å²) in [6.45, 7) is 0. The monoisotopic (exact) mass is 297 g/mol. The number of carbonyl (C=O) groups is 1. The Kier molecular flexibility index (Phi) is 4.67. The van der Waals surface area contributed by atoms with Crippen molar-refractivity contribution in [2.75, 3.05) is 5.32 Å². The lowest BCUT2D eigenvalue weighted by molar-refractivity contribution is -0.402. The fraction of sp³-hybridized carbons (Fsp3) is 0.0667. The van der Waals surface area contributed by atoms with Gasteiger partial charge in [0.25, 0.3) is 0 Å². The molecule has 0 aliphatic carbocycles. The quantitative estimate of drug-likeness (QED) is 0.518. The predicted molar refractivity (Wildman–Crippen MR) is 78.8 cm³/mol. The van der Waals surface area contributed by atoms with Crippen molar-refractivity contribution in [2.45, 2.75) is 6.42 Å². The maximum Gasteiger partial charge on any atom is 0.433 e. The van der Waals surface area contributed by atoms with Gasteiger partial charge in [-0.15, -0.1) is 0 Å². The van der Waals surface area contributed by atoms with Crippen molar-refractivity contribution in [3.05, 3.63) is 63.9 Å². The number of anilines is 1. The summed E-state index contributed by atoms with van der Waals surface area (Å²) in [6.07, 6.45) is 2.86. The van der Waals surface area contributed by atoms with Gasteiger partial charge in [-0.2, -0.15) is 5.26 Å². The first-order chi connectivity index (χ1) is 10.6. The van der Waals surface area contributed by atoms with Crippen molar-refractivity contribution < 1.29 is 14.1 Å². The zero-order valence-electron chi connectivity index (χ0n) is 11.4. The number of carbonyl (C=O) groups excluding carboxylic acids is 1. The molecule has 7 nitrogen and oxygen atoms in total. The van der Waals surface area contributed by atoms with Crippen LogP contribution >= 0.6 is 0 Å². The van der Waals surface area contributed by atoms with Crippen LogP contribution in [0.5, 0.6) is 0 Å². The van der Waals surface area contributed by atoms with Gasteiger partial charge in [0, 0.05) is 11.8 Å². The summed E-state index contributed by atoms with van der Waals surface area (Å²) in [7, 11) is 0. The zero-order valence-corrected chi connectivity index (χ0v) is 11.4. The first kappa shape index (κ1) is 15.0. The smallest absolute Gasteiger partial charge is 0.401 e. The van der Waals surface area contributed by atoms with Gasteiger partial charge in [0.15, 0.2) is 0 Å². The van der Waals surface area contributed by atoms with Crippen molar-refractivity contribution in [2.24, 2.45) is 0 Å². The van der Waals surface area contributed by atoms with E-state index in [1.807, 2.05) is 6.07 Å². The maximum absolute atomic E-state index is 11.7. The van der Waals surface area contributed by atoms with Crippen molar-refractivity contribution in [3.8, 4) is 6.07 Å². The minimum absolute atomic E-state index is 0.214. The fourth-order valence-electron chi connectivity index (χ4n) is 1.67. The van der Waals surface area contributed by atoms with Crippen LogP contribution in [0.15, 0.2) is 46.9 Å². The van der Waals surface area contributed by atoms with E-state index >= 15 is 0 Å². The lowest BCUT2D eigenvalue weighted by Crippen LogP contribution is -2.07. The zero-order chi connectivity index (χ0) is 15.9. The Morgan fingerprint density at radius 3 is 2.64 bits per heavy atom. The molecule has 0 aliphatic rings. The summed E-state index contributed by atoms with van der Waals surface area (Å²) in [5.41, 5.74) is 1.45. The van der Waals surface area contributed by atoms with E-state index in [4.69, 9.17) is 9.68 Å². The molecule has 0 fully saturated rings. The molecule has 7 heteroatoms. The molecule has 0 bridgehead atoms. The first-order valence-corrected chi connectivity index (χ1v) is 6.27. The molecule has 0 aliphatic heterocycles. The Balaban J connectivity index is 1.95. The van der Waals surface area contributed by atoms with Gasteiger partial charge in [-0.1, -0.05) is 12.1 Å². The highest BCUT2D eigenvalue weighted by molar-refractivity contribution is 6.01. The topological polar surface area (TPSA) is 109 Å². The molecule has 1 heterocycles. The van der Waals surface area contributed by atoms with Crippen LogP contribution in [0.25, 0.3) is 6.08 Å². The molecule has 0 spiro atoms. The second-order valence-electron chi connectivity index (χ2n) is 4.29. The molecule has 1 N–H and O–H groups in total. The third-order valence-corrected chi connectivity index (χ3v) is 2.70. The molecule has 1 aromatic carbocycles. The molecule has 1 aromatic heterocycles. The SMILES string of the molecule is N#CCc1ccc(NC(=O)/C=C/c2ccc([N+](=O)[O-])o2)cc1. The highest BCUT2D eigenvalue weighted by atomic mass is 16.6. The van der Waals surface area contributed by atoms with Crippen molar-refractivity contribution in [1.82, 2.24) is 0 Å². The summed E-state index contributed by atoms with van der Waals surface area (Å²) in [6, 6.07) is 11.5. The van der Waals surface area contributed by atoms with Crippen molar-refractivity contribution in [1.29, 1.82) is 5.26 Å². The van der Waals surface area contributed by atoms with Crippen LogP contribution in [-0.4, -0.2) is 10.8 Å². The van der Waals surface area contributed by atoms with Crippen LogP contribution in [-0.2, 0) is 11.2 Å². The molecule has 0 radical (unpaired) electrons. The third kappa shape index (κ3) is 4.05. The first-order valence-electron chi connectivity index (χ1n) is 6.27. The highest BCUT2D eigenvalue weighted by Gasteiger charge is 2.10. The van der Waals surface area contributed by atoms with Crippen LogP contribution < -0.4 is 5.32 Å². The number of furan rings is 1. The lowest BCUT2D eigenvalue weighted by Gasteiger charge is -2.02. The van der Waals surface area contributed by atoms with Gasteiger partial charge in [-0.25, -0.2) is 0 Å². The molecular formula is C15H11N3O4. The van der Waals surface area contributed by atoms with E-state index in [-0.39, 0.29) is 11.6 Å². The Morgan fingerprint density at radius 2 is 2.05 bits per heavy atom. The fourth-order valence-corrected chi connectivity index (χ4v) is 1.67. The molecular weight excluding hydrogens is 286 g/mol. The van der Waals surface area contributed by atoms with E-state index in [0.717, 1.165) is 5.56 Å². The minimum Gasteiger partial charge on any atom is -0.401 e. The number of nitrogens with one attached hydrogen (secondary N) is 1. The molecule has 2 rings (SSSR count). The number of rotatable bonds is 5. The number of amides is 1. The van der Waals surface area contributed by atoms with Gasteiger partial charge < -0.3 is 9.73 Å². The average Bonchev–Trinajstić information content (AvgIpc) is 2.97. The standard InChI is InChI=1S/C15H11N3O4/c16-10-9-11-1-3-12(4-2-11)17-14(19)7-5-13-6-8-15(22-13)18(20)21/h1-8H,9H2,(H,17,19)/b7-5+. The predicted octanol–water partition coefficient (Wildman–Crippen LogP) is 2.91. The van der Waals surface area contributed by atoms with Crippen molar-refractivity contribution >= 4 is 23.6 Å². The van der Waals surface area contributed by atoms with E-state index in [1.54, 1.807) is 24.3 Å². The van der Waals surface area contributed by atoms with Gasteiger partial charge in [0.1, 0.15) is 10.7 Å². The summed E-state index contributed by atoms with van der Waals surface area (Å²) in [5.74, 6) is -0.563. The Morgan fingerprint density at radius 1 is 1.32 bits per heavy atom. The Bertz CT molecular complexity index is 754. The molecule has 110 valence electrons. The molecule has 0 saturated carbocycles. The second kappa shape index (κ2) is 6.85. The van der Waals surface area contributed by atoms with E-state index in [2.05, 4.69) is 5.32 Å². The van der Waals surface area contributed by atoms with Crippen LogP contribution in [0.2, 0.25) is 0 Å². The van der Waals surface area contributed by atoms with Crippen molar-refractivity contribution in [3.63, 3.8) is 0 Å². The van der Waals surface area contributed by atoms with Crippen LogP contribution in [0, 0.1) is 21.4 Å². The molecule has 0 atom stereocenters. The summed E-state index contributed by atoms with van der Waals surface area (Å²) in [5, 5.41) is 21.7. The van der Waals surface area contributed by atoms with Gasteiger partial charge >= 0.3 is 5.88 Å². The van der Waals surface area contributed by atoms with E-state index in [1.165, 1.54) is 24.3 Å². The van der Waals surface area contributed by atoms with E-state index < -0.39 is 10.8 Å². The average molecular weight is 297 g/mol. The lowest BCUT2D eigenvalue weighted by atomic mass is 10.1. The summed E-state index contributed by atoms with van der Waals surface area (Å²) < 4.78 is 4.89. The molecule has 0 unspecified atom stereocenters. The Labute approximate surface area is 125 Å². The van der Waals surface area contributed by atoms with E-state index in [0.29, 0.717) is 12.1 Å². The number of nitrogens with zero attached hydrogens (tertiary/aromatic N) is 2. The number of benzene rings is 1. The maximum atomic E-state index is 11.7. The van der Waals surface area contributed by atoms with Crippen LogP contribution in [0.4, 0.5) is 11.6 Å². The number of hydrogen-bond acceptors (Lipinski definition) is 5. The van der Waals surface area contributed by atoms with E-state index in [9.17, 15) is 14.9 Å². The number of nitriles is 1. The van der Waals surface area contributed by atoms with Crippen LogP contribution in [0.1, 0.15) is 11.3 Å². The molecule has 22 heavy (non-hydrogen) atoms. The third-order valence-electron chi connectivity index (χ3n) is 2.70. The van der Waals surface area contributed by atoms with Gasteiger partial charge in [-0.05, 0) is 29.8 Å². The second-order valence-corrected chi connectivity index (χ2v) is 4.29. The summed E-state index contributed by atoms with van der Waals surface area (Å²) in [4.78, 5) is 21.5. The van der Waals surface area contributed by atoms with Gasteiger partial charge in [0.2, 0.25) is 5.91 Å². The molecule has 2 aromatic rings. The van der Waals surface area contributed by atoms with Gasteiger partial charge in [0.05, 0.1) is 18.6 Å². The largest absolute Gasteiger partial charge is 0.433 e. The Hall–Kier alpha value is -3.40.